The molecule has 0 aliphatic carbocycles. The van der Waals surface area contributed by atoms with E-state index < -0.39 is 20.0 Å². The Labute approximate surface area is 88.7 Å². The van der Waals surface area contributed by atoms with Gasteiger partial charge in [-0.1, -0.05) is 0 Å². The fourth-order valence-corrected chi connectivity index (χ4v) is 4.04. The Morgan fingerprint density at radius 2 is 1.67 bits per heavy atom. The van der Waals surface area contributed by atoms with Gasteiger partial charge in [-0.2, -0.15) is 3.71 Å². The van der Waals surface area contributed by atoms with Gasteiger partial charge in [0.25, 0.3) is 0 Å². The molecule has 6 nitrogen and oxygen atoms in total. The fourth-order valence-electron chi connectivity index (χ4n) is 1.09. The molecule has 0 radical (unpaired) electrons. The van der Waals surface area contributed by atoms with Gasteiger partial charge >= 0.3 is 0 Å². The van der Waals surface area contributed by atoms with Crippen LogP contribution in [0.15, 0.2) is 24.5 Å². The molecule has 84 valence electrons. The first-order valence-corrected chi connectivity index (χ1v) is 7.53. The molecular formula is C7H10N2O4S2. The minimum absolute atomic E-state index is 0.00231. The van der Waals surface area contributed by atoms with E-state index in [2.05, 4.69) is 4.98 Å². The predicted octanol–water partition coefficient (Wildman–Crippen LogP) is -0.193. The lowest BCUT2D eigenvalue weighted by Crippen LogP contribution is -2.35. The van der Waals surface area contributed by atoms with Crippen molar-refractivity contribution in [2.24, 2.45) is 0 Å². The van der Waals surface area contributed by atoms with Crippen molar-refractivity contribution in [1.29, 1.82) is 0 Å². The Morgan fingerprint density at radius 3 is 2.00 bits per heavy atom. The van der Waals surface area contributed by atoms with Crippen molar-refractivity contribution in [2.75, 3.05) is 16.2 Å². The molecule has 0 fully saturated rings. The van der Waals surface area contributed by atoms with E-state index in [0.717, 1.165) is 12.5 Å². The highest BCUT2D eigenvalue weighted by Gasteiger charge is 2.26. The molecule has 1 aromatic heterocycles. The van der Waals surface area contributed by atoms with Crippen molar-refractivity contribution >= 4 is 25.7 Å². The summed E-state index contributed by atoms with van der Waals surface area (Å²) in [5.41, 5.74) is 0.00231. The molecule has 1 rings (SSSR count). The highest BCUT2D eigenvalue weighted by molar-refractivity contribution is 8.09. The Bertz CT molecular complexity index is 504. The number of hydrogen-bond donors (Lipinski definition) is 0. The monoisotopic (exact) mass is 250 g/mol. The number of hydrogen-bond acceptors (Lipinski definition) is 5. The molecule has 1 heterocycles. The van der Waals surface area contributed by atoms with Crippen LogP contribution in [0.4, 0.5) is 5.69 Å². The topological polar surface area (TPSA) is 84.4 Å². The Hall–Kier alpha value is -1.15. The normalized spacial score (nSPS) is 12.4. The quantitative estimate of drug-likeness (QED) is 0.742. The van der Waals surface area contributed by atoms with Crippen LogP contribution in [0.25, 0.3) is 0 Å². The molecule has 0 aliphatic heterocycles. The van der Waals surface area contributed by atoms with Crippen molar-refractivity contribution in [1.82, 2.24) is 4.98 Å². The van der Waals surface area contributed by atoms with Crippen LogP contribution in [-0.4, -0.2) is 34.3 Å². The van der Waals surface area contributed by atoms with Gasteiger partial charge in [-0.15, -0.1) is 0 Å². The first-order chi connectivity index (χ1) is 6.73. The maximum Gasteiger partial charge on any atom is 0.245 e. The van der Waals surface area contributed by atoms with Gasteiger partial charge in [0, 0.05) is 6.20 Å². The summed E-state index contributed by atoms with van der Waals surface area (Å²) in [6, 6.07) is 2.81. The van der Waals surface area contributed by atoms with Crippen LogP contribution in [0.2, 0.25) is 0 Å². The molecule has 0 aliphatic rings. The van der Waals surface area contributed by atoms with E-state index >= 15 is 0 Å². The number of pyridine rings is 1. The summed E-state index contributed by atoms with van der Waals surface area (Å²) in [5, 5.41) is 0. The number of anilines is 1. The van der Waals surface area contributed by atoms with Gasteiger partial charge in [0.1, 0.15) is 0 Å². The summed E-state index contributed by atoms with van der Waals surface area (Å²) in [7, 11) is -7.74. The standard InChI is InChI=1S/C7H10N2O4S2/c1-14(10,11)9(15(2,12)13)7-4-3-5-8-6-7/h3-6H,1-2H3. The van der Waals surface area contributed by atoms with E-state index in [1.54, 1.807) is 0 Å². The van der Waals surface area contributed by atoms with Crippen molar-refractivity contribution in [3.63, 3.8) is 0 Å². The van der Waals surface area contributed by atoms with Gasteiger partial charge in [-0.25, -0.2) is 16.8 Å². The third kappa shape index (κ3) is 2.90. The Morgan fingerprint density at radius 1 is 1.13 bits per heavy atom. The Kier molecular flexibility index (Phi) is 3.00. The second-order valence-electron chi connectivity index (χ2n) is 2.93. The van der Waals surface area contributed by atoms with E-state index in [1.165, 1.54) is 24.5 Å². The molecule has 0 N–H and O–H groups in total. The molecule has 0 aromatic carbocycles. The highest BCUT2D eigenvalue weighted by Crippen LogP contribution is 2.18. The van der Waals surface area contributed by atoms with E-state index in [0.29, 0.717) is 3.71 Å². The maximum absolute atomic E-state index is 11.3. The van der Waals surface area contributed by atoms with Crippen molar-refractivity contribution < 1.29 is 16.8 Å². The lowest BCUT2D eigenvalue weighted by molar-refractivity contribution is 0.590. The lowest BCUT2D eigenvalue weighted by atomic mass is 10.4. The number of rotatable bonds is 3. The second-order valence-corrected chi connectivity index (χ2v) is 6.83. The summed E-state index contributed by atoms with van der Waals surface area (Å²) < 4.78 is 45.5. The number of aromatic nitrogens is 1. The van der Waals surface area contributed by atoms with E-state index in [1.807, 2.05) is 0 Å². The maximum atomic E-state index is 11.3. The number of nitrogens with zero attached hydrogens (tertiary/aromatic N) is 2. The van der Waals surface area contributed by atoms with Gasteiger partial charge in [0.2, 0.25) is 20.0 Å². The van der Waals surface area contributed by atoms with Crippen molar-refractivity contribution in [2.45, 2.75) is 0 Å². The largest absolute Gasteiger partial charge is 0.262 e. The molecule has 0 spiro atoms. The molecule has 0 atom stereocenters. The second kappa shape index (κ2) is 3.78. The van der Waals surface area contributed by atoms with Gasteiger partial charge in [-0.3, -0.25) is 4.98 Å². The summed E-state index contributed by atoms with van der Waals surface area (Å²) in [5.74, 6) is 0. The number of sulfonamides is 2. The zero-order chi connectivity index (χ0) is 11.7. The van der Waals surface area contributed by atoms with Crippen LogP contribution in [0.5, 0.6) is 0 Å². The summed E-state index contributed by atoms with van der Waals surface area (Å²) in [4.78, 5) is 3.66. The minimum atomic E-state index is -3.87. The summed E-state index contributed by atoms with van der Waals surface area (Å²) >= 11 is 0. The van der Waals surface area contributed by atoms with Crippen LogP contribution >= 0.6 is 0 Å². The molecule has 1 aromatic rings. The molecule has 8 heteroatoms. The SMILES string of the molecule is CS(=O)(=O)N(c1cccnc1)S(C)(=O)=O. The molecule has 0 saturated heterocycles. The van der Waals surface area contributed by atoms with Gasteiger partial charge in [0.05, 0.1) is 24.4 Å². The molecule has 0 bridgehead atoms. The zero-order valence-electron chi connectivity index (χ0n) is 8.15. The minimum Gasteiger partial charge on any atom is -0.262 e. The van der Waals surface area contributed by atoms with Gasteiger partial charge in [-0.05, 0) is 12.1 Å². The molecule has 15 heavy (non-hydrogen) atoms. The molecule has 0 unspecified atom stereocenters. The molecule has 0 saturated carbocycles. The van der Waals surface area contributed by atoms with E-state index in [-0.39, 0.29) is 5.69 Å². The summed E-state index contributed by atoms with van der Waals surface area (Å²) in [6.07, 6.45) is 4.23. The van der Waals surface area contributed by atoms with E-state index in [9.17, 15) is 16.8 Å². The Balaban J connectivity index is 3.41. The zero-order valence-corrected chi connectivity index (χ0v) is 9.79. The van der Waals surface area contributed by atoms with Crippen LogP contribution < -0.4 is 3.71 Å². The van der Waals surface area contributed by atoms with Crippen molar-refractivity contribution in [3.8, 4) is 0 Å². The summed E-state index contributed by atoms with van der Waals surface area (Å²) in [6.45, 7) is 0. The van der Waals surface area contributed by atoms with Gasteiger partial charge < -0.3 is 0 Å². The average molecular weight is 250 g/mol. The lowest BCUT2D eigenvalue weighted by Gasteiger charge is -2.18. The average Bonchev–Trinajstić information content (AvgIpc) is 2.00. The third-order valence-electron chi connectivity index (χ3n) is 1.46. The third-order valence-corrected chi connectivity index (χ3v) is 4.71. The smallest absolute Gasteiger partial charge is 0.245 e. The van der Waals surface area contributed by atoms with Crippen molar-refractivity contribution in [3.05, 3.63) is 24.5 Å². The highest BCUT2D eigenvalue weighted by atomic mass is 32.3. The van der Waals surface area contributed by atoms with Crippen LogP contribution in [0.3, 0.4) is 0 Å². The fraction of sp³-hybridized carbons (Fsp3) is 0.286. The van der Waals surface area contributed by atoms with Crippen LogP contribution in [0, 0.1) is 0 Å². The van der Waals surface area contributed by atoms with E-state index in [4.69, 9.17) is 0 Å². The first-order valence-electron chi connectivity index (χ1n) is 3.83. The van der Waals surface area contributed by atoms with Gasteiger partial charge in [0.15, 0.2) is 0 Å². The van der Waals surface area contributed by atoms with Crippen LogP contribution in [0.1, 0.15) is 0 Å². The van der Waals surface area contributed by atoms with Crippen LogP contribution in [-0.2, 0) is 20.0 Å². The molecular weight excluding hydrogens is 240 g/mol. The first kappa shape index (κ1) is 11.9. The predicted molar refractivity (Wildman–Crippen MR) is 56.4 cm³/mol. The molecule has 0 amide bonds.